The molecule has 3 amide bonds. The summed E-state index contributed by atoms with van der Waals surface area (Å²) in [5, 5.41) is 14.2. The van der Waals surface area contributed by atoms with E-state index in [0.29, 0.717) is 12.1 Å². The fourth-order valence-corrected chi connectivity index (χ4v) is 2.53. The maximum Gasteiger partial charge on any atom is 0.319 e. The molecule has 0 heterocycles. The zero-order chi connectivity index (χ0) is 17.5. The van der Waals surface area contributed by atoms with Crippen LogP contribution in [0.25, 0.3) is 0 Å². The van der Waals surface area contributed by atoms with Gasteiger partial charge in [0, 0.05) is 16.9 Å². The van der Waals surface area contributed by atoms with Crippen LogP contribution in [0.3, 0.4) is 0 Å². The van der Waals surface area contributed by atoms with E-state index in [-0.39, 0.29) is 12.2 Å². The van der Waals surface area contributed by atoms with E-state index in [1.807, 2.05) is 0 Å². The smallest absolute Gasteiger partial charge is 0.319 e. The largest absolute Gasteiger partial charge is 0.481 e. The van der Waals surface area contributed by atoms with Crippen LogP contribution in [-0.2, 0) is 9.59 Å². The minimum Gasteiger partial charge on any atom is -0.481 e. The first-order chi connectivity index (χ1) is 10.7. The summed E-state index contributed by atoms with van der Waals surface area (Å²) in [6.45, 7) is 3.51. The summed E-state index contributed by atoms with van der Waals surface area (Å²) in [6, 6.07) is 6.61. The molecule has 0 spiro atoms. The number of hydrogen-bond donors (Lipinski definition) is 4. The Kier molecular flexibility index (Phi) is 6.89. The number of primary amides is 1. The average Bonchev–Trinajstić information content (AvgIpc) is 2.43. The molecule has 0 atom stereocenters. The molecule has 0 bridgehead atoms. The van der Waals surface area contributed by atoms with Gasteiger partial charge in [-0.2, -0.15) is 0 Å². The molecule has 1 aromatic carbocycles. The number of hydrogen-bond acceptors (Lipinski definition) is 4. The summed E-state index contributed by atoms with van der Waals surface area (Å²) in [7, 11) is 0. The van der Waals surface area contributed by atoms with Crippen molar-refractivity contribution in [2.24, 2.45) is 5.73 Å². The lowest BCUT2D eigenvalue weighted by molar-refractivity contribution is -0.137. The highest BCUT2D eigenvalue weighted by Crippen LogP contribution is 2.26. The Labute approximate surface area is 139 Å². The number of amides is 3. The van der Waals surface area contributed by atoms with Gasteiger partial charge >= 0.3 is 12.0 Å². The van der Waals surface area contributed by atoms with Crippen LogP contribution in [0.4, 0.5) is 10.5 Å². The van der Waals surface area contributed by atoms with Crippen LogP contribution in [-0.4, -0.2) is 34.3 Å². The number of carboxylic acid groups (broad SMARTS) is 1. The van der Waals surface area contributed by atoms with Crippen LogP contribution in [0.1, 0.15) is 26.7 Å². The molecule has 0 unspecified atom stereocenters. The van der Waals surface area contributed by atoms with Gasteiger partial charge in [0.1, 0.15) is 0 Å². The molecule has 0 radical (unpaired) electrons. The van der Waals surface area contributed by atoms with Crippen molar-refractivity contribution in [3.63, 3.8) is 0 Å². The third-order valence-corrected chi connectivity index (χ3v) is 4.02. The van der Waals surface area contributed by atoms with Gasteiger partial charge in [0.25, 0.3) is 0 Å². The highest BCUT2D eigenvalue weighted by Gasteiger charge is 2.22. The summed E-state index contributed by atoms with van der Waals surface area (Å²) in [5.41, 5.74) is 5.03. The van der Waals surface area contributed by atoms with E-state index in [2.05, 4.69) is 10.6 Å². The SMILES string of the molecule is CC(C)(CCC(=O)O)NC(=O)Nc1ccccc1SCC(N)=O. The number of carbonyl (C=O) groups is 3. The Morgan fingerprint density at radius 2 is 1.91 bits per heavy atom. The number of benzene rings is 1. The van der Waals surface area contributed by atoms with Crippen LogP contribution in [0.15, 0.2) is 29.2 Å². The van der Waals surface area contributed by atoms with Crippen molar-refractivity contribution in [2.45, 2.75) is 37.1 Å². The topological polar surface area (TPSA) is 122 Å². The van der Waals surface area contributed by atoms with Crippen LogP contribution >= 0.6 is 11.8 Å². The lowest BCUT2D eigenvalue weighted by atomic mass is 9.99. The van der Waals surface area contributed by atoms with Gasteiger partial charge in [-0.15, -0.1) is 11.8 Å². The van der Waals surface area contributed by atoms with E-state index in [0.717, 1.165) is 4.90 Å². The van der Waals surface area contributed by atoms with E-state index < -0.39 is 23.4 Å². The molecule has 0 aliphatic carbocycles. The van der Waals surface area contributed by atoms with E-state index in [4.69, 9.17) is 10.8 Å². The van der Waals surface area contributed by atoms with Crippen LogP contribution in [0.5, 0.6) is 0 Å². The predicted octanol–water partition coefficient (Wildman–Crippen LogP) is 2.03. The highest BCUT2D eigenvalue weighted by atomic mass is 32.2. The third-order valence-electron chi connectivity index (χ3n) is 2.92. The van der Waals surface area contributed by atoms with E-state index in [9.17, 15) is 14.4 Å². The number of rotatable bonds is 8. The van der Waals surface area contributed by atoms with Crippen molar-refractivity contribution in [3.05, 3.63) is 24.3 Å². The van der Waals surface area contributed by atoms with E-state index in [1.54, 1.807) is 38.1 Å². The minimum atomic E-state index is -0.909. The van der Waals surface area contributed by atoms with Gasteiger partial charge in [0.2, 0.25) is 5.91 Å². The molecule has 23 heavy (non-hydrogen) atoms. The zero-order valence-corrected chi connectivity index (χ0v) is 13.9. The van der Waals surface area contributed by atoms with Gasteiger partial charge < -0.3 is 21.5 Å². The Balaban J connectivity index is 2.66. The second-order valence-corrected chi connectivity index (χ2v) is 6.63. The number of aliphatic carboxylic acids is 1. The van der Waals surface area contributed by atoms with Crippen molar-refractivity contribution in [2.75, 3.05) is 11.1 Å². The number of para-hydroxylation sites is 1. The van der Waals surface area contributed by atoms with Gasteiger partial charge in [-0.25, -0.2) is 4.79 Å². The Morgan fingerprint density at radius 3 is 2.52 bits per heavy atom. The molecule has 0 saturated carbocycles. The predicted molar refractivity (Wildman–Crippen MR) is 89.5 cm³/mol. The van der Waals surface area contributed by atoms with E-state index in [1.165, 1.54) is 11.8 Å². The van der Waals surface area contributed by atoms with Crippen LogP contribution < -0.4 is 16.4 Å². The first-order valence-electron chi connectivity index (χ1n) is 7.01. The molecule has 126 valence electrons. The maximum absolute atomic E-state index is 12.1. The summed E-state index contributed by atoms with van der Waals surface area (Å²) >= 11 is 1.23. The Bertz CT molecular complexity index is 590. The molecule has 0 aliphatic rings. The Hall–Kier alpha value is -2.22. The molecule has 1 aromatic rings. The van der Waals surface area contributed by atoms with Gasteiger partial charge in [-0.1, -0.05) is 12.1 Å². The Morgan fingerprint density at radius 1 is 1.26 bits per heavy atom. The van der Waals surface area contributed by atoms with Crippen molar-refractivity contribution in [1.29, 1.82) is 0 Å². The lowest BCUT2D eigenvalue weighted by Gasteiger charge is -2.26. The summed E-state index contributed by atoms with van der Waals surface area (Å²) in [5.74, 6) is -1.23. The van der Waals surface area contributed by atoms with Gasteiger partial charge in [-0.3, -0.25) is 9.59 Å². The van der Waals surface area contributed by atoms with Crippen molar-refractivity contribution in [1.82, 2.24) is 5.32 Å². The van der Waals surface area contributed by atoms with Crippen LogP contribution in [0.2, 0.25) is 0 Å². The normalized spacial score (nSPS) is 10.9. The molecule has 7 nitrogen and oxygen atoms in total. The molecular formula is C15H21N3O4S. The highest BCUT2D eigenvalue weighted by molar-refractivity contribution is 8.00. The monoisotopic (exact) mass is 339 g/mol. The molecule has 0 fully saturated rings. The lowest BCUT2D eigenvalue weighted by Crippen LogP contribution is -2.45. The fourth-order valence-electron chi connectivity index (χ4n) is 1.79. The minimum absolute atomic E-state index is 0.0294. The van der Waals surface area contributed by atoms with Gasteiger partial charge in [0.05, 0.1) is 11.4 Å². The summed E-state index contributed by atoms with van der Waals surface area (Å²) in [4.78, 5) is 34.3. The zero-order valence-electron chi connectivity index (χ0n) is 13.1. The maximum atomic E-state index is 12.1. The molecule has 0 aromatic heterocycles. The third kappa shape index (κ3) is 7.55. The summed E-state index contributed by atoms with van der Waals surface area (Å²) < 4.78 is 0. The number of nitrogens with two attached hydrogens (primary N) is 1. The van der Waals surface area contributed by atoms with Gasteiger partial charge in [0.15, 0.2) is 0 Å². The first kappa shape index (κ1) is 18.8. The molecule has 0 saturated heterocycles. The summed E-state index contributed by atoms with van der Waals surface area (Å²) in [6.07, 6.45) is 0.284. The molecule has 8 heteroatoms. The van der Waals surface area contributed by atoms with Crippen molar-refractivity contribution in [3.8, 4) is 0 Å². The fraction of sp³-hybridized carbons (Fsp3) is 0.400. The van der Waals surface area contributed by atoms with E-state index >= 15 is 0 Å². The number of urea groups is 1. The number of anilines is 1. The first-order valence-corrected chi connectivity index (χ1v) is 7.99. The molecule has 1 rings (SSSR count). The van der Waals surface area contributed by atoms with Crippen molar-refractivity contribution < 1.29 is 19.5 Å². The number of carbonyl (C=O) groups excluding carboxylic acids is 2. The van der Waals surface area contributed by atoms with Crippen LogP contribution in [0, 0.1) is 0 Å². The standard InChI is InChI=1S/C15H21N3O4S/c1-15(2,8-7-13(20)21)18-14(22)17-10-5-3-4-6-11(10)23-9-12(16)19/h3-6H,7-9H2,1-2H3,(H2,16,19)(H,20,21)(H2,17,18,22). The second-order valence-electron chi connectivity index (χ2n) is 5.61. The molecule has 5 N–H and O–H groups in total. The number of thioether (sulfide) groups is 1. The van der Waals surface area contributed by atoms with Gasteiger partial charge in [-0.05, 0) is 32.4 Å². The average molecular weight is 339 g/mol. The number of carboxylic acids is 1. The molecular weight excluding hydrogens is 318 g/mol. The number of nitrogens with one attached hydrogen (secondary N) is 2. The quantitative estimate of drug-likeness (QED) is 0.540. The molecule has 0 aliphatic heterocycles. The van der Waals surface area contributed by atoms with Crippen molar-refractivity contribution >= 4 is 35.4 Å². The second kappa shape index (κ2) is 8.42.